The molecule has 7 nitrogen and oxygen atoms in total. The van der Waals surface area contributed by atoms with E-state index in [2.05, 4.69) is 317 Å². The number of aryl methyl sites for hydroxylation is 6. The molecule has 7 heteroatoms. The van der Waals surface area contributed by atoms with Gasteiger partial charge in [-0.15, -0.1) is 0 Å². The van der Waals surface area contributed by atoms with Gasteiger partial charge in [-0.05, 0) is 231 Å². The average molecular weight is 1680 g/mol. The highest BCUT2D eigenvalue weighted by Crippen LogP contribution is 2.55. The molecule has 0 unspecified atom stereocenters. The smallest absolute Gasteiger partial charge is 0.229 e. The molecule has 4 fully saturated rings. The van der Waals surface area contributed by atoms with Crippen LogP contribution in [-0.2, 0) is 79.5 Å². The Morgan fingerprint density at radius 2 is 0.595 bits per heavy atom. The van der Waals surface area contributed by atoms with Gasteiger partial charge >= 0.3 is 0 Å². The summed E-state index contributed by atoms with van der Waals surface area (Å²) in [6.45, 7) is 37.1. The van der Waals surface area contributed by atoms with Gasteiger partial charge in [-0.25, -0.2) is 18.3 Å². The van der Waals surface area contributed by atoms with Crippen molar-refractivity contribution in [2.45, 2.75) is 320 Å². The molecule has 4 spiro atoms. The molecule has 4 aromatic heterocycles. The third-order valence-corrected chi connectivity index (χ3v) is 31.7. The molecule has 0 radical (unpaired) electrons. The Morgan fingerprint density at radius 1 is 0.294 bits per heavy atom. The van der Waals surface area contributed by atoms with E-state index >= 15 is 0 Å². The highest BCUT2D eigenvalue weighted by molar-refractivity contribution is 5.74. The number of fused-ring (bicyclic) bond motifs is 4. The van der Waals surface area contributed by atoms with E-state index in [-0.39, 0.29) is 6.42 Å². The van der Waals surface area contributed by atoms with Crippen molar-refractivity contribution >= 4 is 0 Å². The van der Waals surface area contributed by atoms with Crippen LogP contribution < -0.4 is 18.3 Å². The fraction of sp³-hybridized carbons (Fsp3) is 0.479. The maximum atomic E-state index is 9.03. The lowest BCUT2D eigenvalue weighted by atomic mass is 9.64. The normalized spacial score (nSPS) is 18.6. The predicted octanol–water partition coefficient (Wildman–Crippen LogP) is 28.5. The number of benzene rings is 8. The lowest BCUT2D eigenvalue weighted by Crippen LogP contribution is -2.37. The van der Waals surface area contributed by atoms with Gasteiger partial charge in [-0.2, -0.15) is 13.7 Å². The van der Waals surface area contributed by atoms with Crippen molar-refractivity contribution in [3.63, 3.8) is 0 Å². The summed E-state index contributed by atoms with van der Waals surface area (Å²) < 4.78 is 53.5. The number of hydrogen-bond acceptors (Lipinski definition) is 0. The van der Waals surface area contributed by atoms with E-state index in [0.717, 1.165) is 48.9 Å². The molecule has 4 saturated carbocycles. The molecule has 658 valence electrons. The first kappa shape index (κ1) is 83.4. The highest BCUT2D eigenvalue weighted by Gasteiger charge is 2.53. The van der Waals surface area contributed by atoms with Crippen LogP contribution in [0, 0.1) is 49.4 Å². The largest absolute Gasteiger partial charge is 0.294 e. The minimum atomic E-state index is -1.51. The van der Waals surface area contributed by atoms with Gasteiger partial charge in [0.05, 0.1) is 37.8 Å². The number of para-hydroxylation sites is 2. The molecule has 0 atom stereocenters. The molecule has 4 heterocycles. The van der Waals surface area contributed by atoms with Crippen LogP contribution in [0.2, 0.25) is 0 Å². The number of rotatable bonds is 14. The van der Waals surface area contributed by atoms with Crippen molar-refractivity contribution in [3.8, 4) is 73.6 Å². The first-order valence-electron chi connectivity index (χ1n) is 51.3. The van der Waals surface area contributed by atoms with Gasteiger partial charge in [0.1, 0.15) is 41.2 Å². The highest BCUT2D eigenvalue weighted by atomic mass is 15.2. The molecule has 0 aliphatic heterocycles. The summed E-state index contributed by atoms with van der Waals surface area (Å²) >= 11 is 0. The number of imidazole rings is 3. The SMILES string of the molecule is Cc1ccccc1-c1n(-c2c(C(C)C)cc(-c3ccccc3)cc2C(C)C)c2c([n+]1C)CC1(CCCC1)C2.Cc1ccccc1-c1n(-c2c(C(C)C)cccc2C(C)C)c2c([n+]1C)CC1(CCCC1)C2.Cc1ccccc1-c1n(-c2c(C(C)C)cccc2C(C)C)c2c([n+]1C)CC1(CCCCC1)C2.[2H]C1([2H])CC2(CCCCC2)C([2H])([2H])c2c[n+](C)c(-c3ccccc3C)cc21. The number of aromatic nitrogens is 7. The summed E-state index contributed by atoms with van der Waals surface area (Å²) in [6, 6.07) is 66.7. The maximum Gasteiger partial charge on any atom is 0.294 e. The van der Waals surface area contributed by atoms with E-state index in [9.17, 15) is 0 Å². The summed E-state index contributed by atoms with van der Waals surface area (Å²) in [5.41, 5.74) is 38.3. The van der Waals surface area contributed by atoms with Gasteiger partial charge in [0.15, 0.2) is 23.3 Å². The fourth-order valence-corrected chi connectivity index (χ4v) is 24.7. The quantitative estimate of drug-likeness (QED) is 0.0972. The molecule has 8 aromatic carbocycles. The molecule has 20 rings (SSSR count). The van der Waals surface area contributed by atoms with Gasteiger partial charge in [-0.1, -0.05) is 287 Å². The molecule has 8 aliphatic rings. The summed E-state index contributed by atoms with van der Waals surface area (Å²) in [6.07, 6.45) is 29.3. The van der Waals surface area contributed by atoms with E-state index in [1.807, 2.05) is 42.1 Å². The fourth-order valence-electron chi connectivity index (χ4n) is 24.7. The maximum absolute atomic E-state index is 9.03. The Hall–Kier alpha value is -9.46. The molecular weight excluding hydrogens is 1530 g/mol. The van der Waals surface area contributed by atoms with Crippen molar-refractivity contribution in [1.82, 2.24) is 13.7 Å². The van der Waals surface area contributed by atoms with Crippen molar-refractivity contribution in [2.75, 3.05) is 0 Å². The van der Waals surface area contributed by atoms with Crippen LogP contribution in [0.3, 0.4) is 0 Å². The average Bonchev–Trinajstić information content (AvgIpc) is 1.14. The van der Waals surface area contributed by atoms with E-state index in [1.54, 1.807) is 34.2 Å². The standard InChI is InChI=1S/C36H43N2.C31H41N2.C30H39N2.C22H28N/c1-24(2)30-20-28(27-15-8-7-9-16-27)21-31(25(3)4)34(30)38-33-23-36(18-12-13-19-36)22-32(33)37(6)35(38)29-17-11-10-14-26(29)5;1-21(2)24-15-12-16-25(22(3)4)29(24)33-28-20-31(17-10-7-11-18-31)19-27(28)32(6)30(33)26-14-9-8-13-23(26)5;1-20(2)23-14-11-15-24(21(3)4)28(23)32-27-19-30(16-9-10-17-30)18-26(27)31(6)29(32)25-13-8-7-12-22(25)5;1-17-8-4-5-9-20(17)21-14-18-10-13-22(11-6-3-7-12-22)15-19(18)16-23(21)2/h7-11,14-17,20-21,24-25H,12-13,18-19,22-23H2,1-6H3;8-9,12-16,21-22H,7,10-11,17-20H2,1-6H3;7-8,11-15,20-21H,9-10,16-19H2,1-6H3;4-5,8-9,14,16H,3,6-7,10-13,15H2,1-2H3/q4*+1/i;;;10D2,15D2. The van der Waals surface area contributed by atoms with E-state index < -0.39 is 18.2 Å². The molecular formula is C119H151N7+4. The summed E-state index contributed by atoms with van der Waals surface area (Å²) in [7, 11) is 8.91. The minimum Gasteiger partial charge on any atom is -0.229 e. The minimum absolute atomic E-state index is 0.279. The number of nitrogens with zero attached hydrogens (tertiary/aromatic N) is 7. The third kappa shape index (κ3) is 16.7. The first-order valence-corrected chi connectivity index (χ1v) is 49.3. The predicted molar refractivity (Wildman–Crippen MR) is 526 cm³/mol. The summed E-state index contributed by atoms with van der Waals surface area (Å²) in [4.78, 5) is 0. The van der Waals surface area contributed by atoms with Gasteiger partial charge < -0.3 is 0 Å². The molecule has 0 saturated heterocycles. The van der Waals surface area contributed by atoms with Crippen LogP contribution in [0.5, 0.6) is 0 Å². The zero-order valence-electron chi connectivity index (χ0n) is 84.7. The number of pyridine rings is 1. The molecule has 126 heavy (non-hydrogen) atoms. The molecule has 8 aliphatic carbocycles. The second-order valence-electron chi connectivity index (χ2n) is 42.4. The van der Waals surface area contributed by atoms with Crippen LogP contribution in [0.15, 0.2) is 188 Å². The van der Waals surface area contributed by atoms with Gasteiger partial charge in [0.25, 0.3) is 17.5 Å². The van der Waals surface area contributed by atoms with Crippen molar-refractivity contribution in [2.24, 2.45) is 49.9 Å². The zero-order valence-corrected chi connectivity index (χ0v) is 80.7. The van der Waals surface area contributed by atoms with Crippen LogP contribution in [-0.4, -0.2) is 13.7 Å². The van der Waals surface area contributed by atoms with E-state index in [1.165, 1.54) is 234 Å². The van der Waals surface area contributed by atoms with Crippen LogP contribution in [0.1, 0.15) is 347 Å². The van der Waals surface area contributed by atoms with Gasteiger partial charge in [0, 0.05) is 94.6 Å². The lowest BCUT2D eigenvalue weighted by Gasteiger charge is -2.40. The Labute approximate surface area is 764 Å². The Bertz CT molecular complexity index is 6100. The topological polar surface area (TPSA) is 30.3 Å². The Morgan fingerprint density at radius 3 is 0.929 bits per heavy atom. The Balaban J connectivity index is 0.000000122. The second kappa shape index (κ2) is 36.2. The molecule has 0 amide bonds. The zero-order chi connectivity index (χ0) is 92.0. The van der Waals surface area contributed by atoms with Crippen LogP contribution in [0.25, 0.3) is 73.6 Å². The van der Waals surface area contributed by atoms with Gasteiger partial charge in [-0.3, -0.25) is 0 Å². The van der Waals surface area contributed by atoms with Crippen LogP contribution in [0.4, 0.5) is 0 Å². The first-order chi connectivity index (χ1) is 62.1. The summed E-state index contributed by atoms with van der Waals surface area (Å²) in [5, 5.41) is 0. The molecule has 0 N–H and O–H groups in total. The van der Waals surface area contributed by atoms with Gasteiger partial charge in [0.2, 0.25) is 5.69 Å². The van der Waals surface area contributed by atoms with Crippen molar-refractivity contribution in [3.05, 3.63) is 289 Å². The molecule has 0 bridgehead atoms. The summed E-state index contributed by atoms with van der Waals surface area (Å²) in [5.74, 6) is 6.83. The second-order valence-corrected chi connectivity index (χ2v) is 42.4. The lowest BCUT2D eigenvalue weighted by molar-refractivity contribution is -0.667. The third-order valence-electron chi connectivity index (χ3n) is 31.7. The van der Waals surface area contributed by atoms with E-state index in [0.29, 0.717) is 62.9 Å². The van der Waals surface area contributed by atoms with Crippen molar-refractivity contribution < 1.29 is 23.8 Å². The Kier molecular flexibility index (Phi) is 24.0. The van der Waals surface area contributed by atoms with Crippen LogP contribution >= 0.6 is 0 Å². The molecule has 12 aromatic rings. The number of hydrogen-bond donors (Lipinski definition) is 0. The van der Waals surface area contributed by atoms with Crippen molar-refractivity contribution in [1.29, 1.82) is 0 Å². The monoisotopic (exact) mass is 1680 g/mol. The van der Waals surface area contributed by atoms with E-state index in [4.69, 9.17) is 5.48 Å².